The molecule has 0 saturated carbocycles. The van der Waals surface area contributed by atoms with Crippen LogP contribution in [0.25, 0.3) is 16.9 Å². The van der Waals surface area contributed by atoms with Crippen molar-refractivity contribution in [1.29, 1.82) is 5.26 Å². The number of H-pyrrole nitrogens is 1. The predicted octanol–water partition coefficient (Wildman–Crippen LogP) is 2.67. The standard InChI is InChI=1S/C14H11N5OS/c1-8-4-3-5-10(9(8)6-15)19-12-11(18-14(19)21)13(20-2)17-7-16-12/h3-5,7H,1-2H3,(H,18,21). The van der Waals surface area contributed by atoms with Gasteiger partial charge in [0.05, 0.1) is 18.4 Å². The Balaban J connectivity index is 2.43. The highest BCUT2D eigenvalue weighted by Crippen LogP contribution is 2.26. The number of aromatic amines is 1. The number of benzene rings is 1. The monoisotopic (exact) mass is 297 g/mol. The zero-order chi connectivity index (χ0) is 15.0. The van der Waals surface area contributed by atoms with Crippen LogP contribution in [0.3, 0.4) is 0 Å². The van der Waals surface area contributed by atoms with E-state index in [1.54, 1.807) is 4.57 Å². The van der Waals surface area contributed by atoms with Gasteiger partial charge in [-0.2, -0.15) is 10.2 Å². The van der Waals surface area contributed by atoms with E-state index in [9.17, 15) is 5.26 Å². The van der Waals surface area contributed by atoms with Crippen LogP contribution in [0.2, 0.25) is 0 Å². The summed E-state index contributed by atoms with van der Waals surface area (Å²) in [6, 6.07) is 7.82. The molecule has 0 aliphatic heterocycles. The lowest BCUT2D eigenvalue weighted by Crippen LogP contribution is -2.01. The van der Waals surface area contributed by atoms with E-state index in [2.05, 4.69) is 21.0 Å². The van der Waals surface area contributed by atoms with Crippen molar-refractivity contribution < 1.29 is 4.74 Å². The SMILES string of the molecule is COc1ncnc2c1[nH]c(=S)n2-c1cccc(C)c1C#N. The number of nitrogens with one attached hydrogen (secondary N) is 1. The van der Waals surface area contributed by atoms with Crippen LogP contribution in [0.1, 0.15) is 11.1 Å². The lowest BCUT2D eigenvalue weighted by Gasteiger charge is -2.08. The second-order valence-corrected chi connectivity index (χ2v) is 4.81. The second kappa shape index (κ2) is 5.00. The zero-order valence-corrected chi connectivity index (χ0v) is 12.2. The largest absolute Gasteiger partial charge is 0.479 e. The summed E-state index contributed by atoms with van der Waals surface area (Å²) in [5, 5.41) is 9.40. The Kier molecular flexibility index (Phi) is 3.16. The van der Waals surface area contributed by atoms with Gasteiger partial charge in [-0.25, -0.2) is 4.98 Å². The van der Waals surface area contributed by atoms with Crippen LogP contribution in [0.15, 0.2) is 24.5 Å². The summed E-state index contributed by atoms with van der Waals surface area (Å²) in [7, 11) is 1.53. The maximum atomic E-state index is 9.40. The quantitative estimate of drug-likeness (QED) is 0.736. The van der Waals surface area contributed by atoms with E-state index in [0.29, 0.717) is 33.1 Å². The van der Waals surface area contributed by atoms with Gasteiger partial charge in [0.25, 0.3) is 0 Å². The molecular formula is C14H11N5OS. The fraction of sp³-hybridized carbons (Fsp3) is 0.143. The second-order valence-electron chi connectivity index (χ2n) is 4.43. The Morgan fingerprint density at radius 1 is 1.38 bits per heavy atom. The molecule has 0 aliphatic carbocycles. The Morgan fingerprint density at radius 2 is 2.19 bits per heavy atom. The third kappa shape index (κ3) is 1.97. The minimum absolute atomic E-state index is 0.413. The van der Waals surface area contributed by atoms with Crippen LogP contribution in [-0.4, -0.2) is 26.6 Å². The lowest BCUT2D eigenvalue weighted by molar-refractivity contribution is 0.401. The fourth-order valence-electron chi connectivity index (χ4n) is 2.26. The molecular weight excluding hydrogens is 286 g/mol. The Bertz CT molecular complexity index is 935. The van der Waals surface area contributed by atoms with Crippen molar-refractivity contribution in [2.45, 2.75) is 6.92 Å². The van der Waals surface area contributed by atoms with Crippen LogP contribution >= 0.6 is 12.2 Å². The van der Waals surface area contributed by atoms with Gasteiger partial charge in [0.2, 0.25) is 5.88 Å². The number of nitriles is 1. The number of hydrogen-bond donors (Lipinski definition) is 1. The molecule has 1 aromatic carbocycles. The fourth-order valence-corrected chi connectivity index (χ4v) is 2.55. The molecule has 2 aromatic heterocycles. The van der Waals surface area contributed by atoms with E-state index in [1.807, 2.05) is 25.1 Å². The number of methoxy groups -OCH3 is 1. The molecule has 0 fully saturated rings. The molecule has 1 N–H and O–H groups in total. The highest BCUT2D eigenvalue weighted by Gasteiger charge is 2.15. The van der Waals surface area contributed by atoms with E-state index >= 15 is 0 Å². The van der Waals surface area contributed by atoms with Gasteiger partial charge in [0, 0.05) is 0 Å². The molecule has 7 heteroatoms. The molecule has 3 rings (SSSR count). The molecule has 3 aromatic rings. The van der Waals surface area contributed by atoms with Crippen LogP contribution < -0.4 is 4.74 Å². The van der Waals surface area contributed by atoms with Crippen molar-refractivity contribution in [3.8, 4) is 17.6 Å². The molecule has 104 valence electrons. The third-order valence-corrected chi connectivity index (χ3v) is 3.52. The molecule has 2 heterocycles. The van der Waals surface area contributed by atoms with Gasteiger partial charge in [-0.1, -0.05) is 12.1 Å². The Morgan fingerprint density at radius 3 is 2.90 bits per heavy atom. The van der Waals surface area contributed by atoms with Crippen molar-refractivity contribution in [3.05, 3.63) is 40.4 Å². The van der Waals surface area contributed by atoms with Crippen molar-refractivity contribution >= 4 is 23.4 Å². The maximum absolute atomic E-state index is 9.40. The molecule has 0 bridgehead atoms. The van der Waals surface area contributed by atoms with Gasteiger partial charge in [0.15, 0.2) is 10.4 Å². The number of nitrogens with zero attached hydrogens (tertiary/aromatic N) is 4. The van der Waals surface area contributed by atoms with Crippen molar-refractivity contribution in [1.82, 2.24) is 19.5 Å². The van der Waals surface area contributed by atoms with Gasteiger partial charge in [-0.3, -0.25) is 4.57 Å². The molecule has 21 heavy (non-hydrogen) atoms. The molecule has 0 unspecified atom stereocenters. The molecule has 6 nitrogen and oxygen atoms in total. The molecule has 0 spiro atoms. The number of hydrogen-bond acceptors (Lipinski definition) is 5. The smallest absolute Gasteiger partial charge is 0.242 e. The number of fused-ring (bicyclic) bond motifs is 1. The van der Waals surface area contributed by atoms with Crippen molar-refractivity contribution in [3.63, 3.8) is 0 Å². The molecule has 0 aliphatic rings. The van der Waals surface area contributed by atoms with Crippen LogP contribution in [-0.2, 0) is 0 Å². The van der Waals surface area contributed by atoms with E-state index in [4.69, 9.17) is 17.0 Å². The summed E-state index contributed by atoms with van der Waals surface area (Å²) in [6.45, 7) is 1.88. The normalized spacial score (nSPS) is 10.5. The van der Waals surface area contributed by atoms with Crippen molar-refractivity contribution in [2.24, 2.45) is 0 Å². The van der Waals surface area contributed by atoms with Gasteiger partial charge in [-0.05, 0) is 30.8 Å². The molecule has 0 amide bonds. The summed E-state index contributed by atoms with van der Waals surface area (Å²) < 4.78 is 7.36. The summed E-state index contributed by atoms with van der Waals surface area (Å²) in [6.07, 6.45) is 1.40. The predicted molar refractivity (Wildman–Crippen MR) is 80.1 cm³/mol. The summed E-state index contributed by atoms with van der Waals surface area (Å²) in [4.78, 5) is 11.3. The first-order chi connectivity index (χ1) is 10.2. The van der Waals surface area contributed by atoms with Gasteiger partial charge < -0.3 is 9.72 Å². The van der Waals surface area contributed by atoms with Crippen LogP contribution in [0, 0.1) is 23.0 Å². The lowest BCUT2D eigenvalue weighted by atomic mass is 10.1. The average Bonchev–Trinajstić information content (AvgIpc) is 2.82. The first-order valence-electron chi connectivity index (χ1n) is 6.17. The summed E-state index contributed by atoms with van der Waals surface area (Å²) in [5.41, 5.74) is 3.32. The third-order valence-electron chi connectivity index (χ3n) is 3.24. The summed E-state index contributed by atoms with van der Waals surface area (Å²) in [5.74, 6) is 0.413. The first-order valence-corrected chi connectivity index (χ1v) is 6.58. The first kappa shape index (κ1) is 13.3. The highest BCUT2D eigenvalue weighted by atomic mass is 32.1. The number of rotatable bonds is 2. The van der Waals surface area contributed by atoms with Crippen LogP contribution in [0.5, 0.6) is 5.88 Å². The minimum atomic E-state index is 0.413. The maximum Gasteiger partial charge on any atom is 0.242 e. The zero-order valence-electron chi connectivity index (χ0n) is 11.4. The van der Waals surface area contributed by atoms with E-state index in [1.165, 1.54) is 13.4 Å². The highest BCUT2D eigenvalue weighted by molar-refractivity contribution is 7.71. The number of aryl methyl sites for hydroxylation is 1. The molecule has 0 atom stereocenters. The molecule has 0 saturated heterocycles. The topological polar surface area (TPSA) is 79.5 Å². The average molecular weight is 297 g/mol. The number of aromatic nitrogens is 4. The van der Waals surface area contributed by atoms with Crippen molar-refractivity contribution in [2.75, 3.05) is 7.11 Å². The Labute approximate surface area is 125 Å². The minimum Gasteiger partial charge on any atom is -0.479 e. The van der Waals surface area contributed by atoms with Gasteiger partial charge >= 0.3 is 0 Å². The van der Waals surface area contributed by atoms with Gasteiger partial charge in [-0.15, -0.1) is 0 Å². The number of ether oxygens (including phenoxy) is 1. The van der Waals surface area contributed by atoms with E-state index < -0.39 is 0 Å². The molecule has 0 radical (unpaired) electrons. The van der Waals surface area contributed by atoms with Gasteiger partial charge in [0.1, 0.15) is 17.9 Å². The van der Waals surface area contributed by atoms with E-state index in [-0.39, 0.29) is 0 Å². The van der Waals surface area contributed by atoms with Crippen LogP contribution in [0.4, 0.5) is 0 Å². The summed E-state index contributed by atoms with van der Waals surface area (Å²) >= 11 is 5.37. The Hall–Kier alpha value is -2.72. The van der Waals surface area contributed by atoms with E-state index in [0.717, 1.165) is 5.56 Å². The number of imidazole rings is 1.